The van der Waals surface area contributed by atoms with Crippen molar-refractivity contribution in [3.63, 3.8) is 0 Å². The third kappa shape index (κ3) is 1.67. The minimum absolute atomic E-state index is 0.0309. The molecule has 1 aliphatic rings. The topological polar surface area (TPSA) is 20.3 Å². The molecule has 82 valence electrons. The van der Waals surface area contributed by atoms with E-state index in [2.05, 4.69) is 5.92 Å². The van der Waals surface area contributed by atoms with Gasteiger partial charge in [0.25, 0.3) is 0 Å². The first kappa shape index (κ1) is 10.7. The van der Waals surface area contributed by atoms with Crippen LogP contribution in [-0.2, 0) is 4.79 Å². The summed E-state index contributed by atoms with van der Waals surface area (Å²) in [6, 6.07) is 4.74. The van der Waals surface area contributed by atoms with E-state index in [0.717, 1.165) is 0 Å². The number of rotatable bonds is 1. The van der Waals surface area contributed by atoms with Crippen LogP contribution >= 0.6 is 0 Å². The van der Waals surface area contributed by atoms with Crippen LogP contribution in [0.1, 0.15) is 12.0 Å². The third-order valence-electron chi connectivity index (χ3n) is 2.89. The largest absolute Gasteiger partial charge is 0.311 e. The average molecular weight is 217 g/mol. The molecule has 1 amide bonds. The Kier molecular flexibility index (Phi) is 2.66. The second-order valence-electron chi connectivity index (χ2n) is 3.96. The Morgan fingerprint density at radius 2 is 2.31 bits per heavy atom. The number of hydrogen-bond donors (Lipinski definition) is 0. The SMILES string of the molecule is C#CC1CC(=O)N(c2cccc(F)c2C)C1. The molecule has 0 bridgehead atoms. The number of carbonyl (C=O) groups excluding carboxylic acids is 1. The van der Waals surface area contributed by atoms with Crippen LogP contribution in [0.4, 0.5) is 10.1 Å². The molecule has 2 nitrogen and oxygen atoms in total. The summed E-state index contributed by atoms with van der Waals surface area (Å²) in [5.41, 5.74) is 1.12. The van der Waals surface area contributed by atoms with Crippen LogP contribution in [0.5, 0.6) is 0 Å². The molecule has 2 rings (SSSR count). The molecule has 0 N–H and O–H groups in total. The molecule has 3 heteroatoms. The number of hydrogen-bond acceptors (Lipinski definition) is 1. The molecular formula is C13H12FNO. The maximum Gasteiger partial charge on any atom is 0.228 e. The molecule has 0 radical (unpaired) electrons. The highest BCUT2D eigenvalue weighted by molar-refractivity contribution is 5.96. The Hall–Kier alpha value is -1.82. The van der Waals surface area contributed by atoms with Crippen molar-refractivity contribution < 1.29 is 9.18 Å². The van der Waals surface area contributed by atoms with Gasteiger partial charge in [0, 0.05) is 30.1 Å². The fourth-order valence-electron chi connectivity index (χ4n) is 1.94. The number of terminal acetylenes is 1. The van der Waals surface area contributed by atoms with Gasteiger partial charge in [-0.05, 0) is 19.1 Å². The number of carbonyl (C=O) groups is 1. The Morgan fingerprint density at radius 3 is 2.94 bits per heavy atom. The van der Waals surface area contributed by atoms with Crippen molar-refractivity contribution in [2.24, 2.45) is 5.92 Å². The molecule has 0 spiro atoms. The first-order chi connectivity index (χ1) is 7.63. The molecule has 1 aromatic rings. The second kappa shape index (κ2) is 3.97. The van der Waals surface area contributed by atoms with Crippen molar-refractivity contribution in [3.05, 3.63) is 29.6 Å². The number of amides is 1. The van der Waals surface area contributed by atoms with Gasteiger partial charge in [-0.15, -0.1) is 12.3 Å². The van der Waals surface area contributed by atoms with Crippen molar-refractivity contribution in [1.82, 2.24) is 0 Å². The predicted octanol–water partition coefficient (Wildman–Crippen LogP) is 2.12. The third-order valence-corrected chi connectivity index (χ3v) is 2.89. The minimum atomic E-state index is -0.297. The summed E-state index contributed by atoms with van der Waals surface area (Å²) in [6.45, 7) is 2.15. The molecule has 0 aliphatic carbocycles. The molecule has 0 saturated carbocycles. The highest BCUT2D eigenvalue weighted by atomic mass is 19.1. The van der Waals surface area contributed by atoms with Gasteiger partial charge in [-0.1, -0.05) is 6.07 Å². The highest BCUT2D eigenvalue weighted by Gasteiger charge is 2.30. The van der Waals surface area contributed by atoms with Crippen molar-refractivity contribution >= 4 is 11.6 Å². The predicted molar refractivity (Wildman–Crippen MR) is 60.4 cm³/mol. The molecule has 1 atom stereocenters. The molecule has 1 aliphatic heterocycles. The summed E-state index contributed by atoms with van der Waals surface area (Å²) in [4.78, 5) is 13.3. The fourth-order valence-corrected chi connectivity index (χ4v) is 1.94. The Bertz CT molecular complexity index is 475. The molecule has 1 saturated heterocycles. The van der Waals surface area contributed by atoms with E-state index in [1.807, 2.05) is 0 Å². The zero-order valence-corrected chi connectivity index (χ0v) is 9.03. The summed E-state index contributed by atoms with van der Waals surface area (Å²) >= 11 is 0. The Labute approximate surface area is 94.1 Å². The zero-order valence-electron chi connectivity index (χ0n) is 9.03. The van der Waals surface area contributed by atoms with Crippen molar-refractivity contribution in [1.29, 1.82) is 0 Å². The molecular weight excluding hydrogens is 205 g/mol. The lowest BCUT2D eigenvalue weighted by Crippen LogP contribution is -2.25. The standard InChI is InChI=1S/C13H12FNO/c1-3-10-7-13(16)15(8-10)12-6-4-5-11(14)9(12)2/h1,4-6,10H,7-8H2,2H3. The second-order valence-corrected chi connectivity index (χ2v) is 3.96. The Balaban J connectivity index is 2.36. The summed E-state index contributed by atoms with van der Waals surface area (Å²) in [5.74, 6) is 2.18. The van der Waals surface area contributed by atoms with Crippen LogP contribution in [0.2, 0.25) is 0 Å². The van der Waals surface area contributed by atoms with Gasteiger partial charge in [-0.3, -0.25) is 4.79 Å². The number of halogens is 1. The molecule has 0 aromatic heterocycles. The molecule has 16 heavy (non-hydrogen) atoms. The van der Waals surface area contributed by atoms with Gasteiger partial charge >= 0.3 is 0 Å². The van der Waals surface area contributed by atoms with E-state index >= 15 is 0 Å². The van der Waals surface area contributed by atoms with E-state index in [4.69, 9.17) is 6.42 Å². The summed E-state index contributed by atoms with van der Waals surface area (Å²) in [5, 5.41) is 0. The zero-order chi connectivity index (χ0) is 11.7. The summed E-state index contributed by atoms with van der Waals surface area (Å²) in [6.07, 6.45) is 5.65. The molecule has 1 aromatic carbocycles. The molecule has 1 heterocycles. The average Bonchev–Trinajstić information content (AvgIpc) is 2.64. The number of anilines is 1. The molecule has 1 fully saturated rings. The van der Waals surface area contributed by atoms with Gasteiger partial charge < -0.3 is 4.90 Å². The summed E-state index contributed by atoms with van der Waals surface area (Å²) < 4.78 is 13.4. The monoisotopic (exact) mass is 217 g/mol. The van der Waals surface area contributed by atoms with E-state index < -0.39 is 0 Å². The van der Waals surface area contributed by atoms with Crippen LogP contribution in [0, 0.1) is 31.0 Å². The van der Waals surface area contributed by atoms with E-state index in [1.54, 1.807) is 24.0 Å². The van der Waals surface area contributed by atoms with E-state index in [9.17, 15) is 9.18 Å². The van der Waals surface area contributed by atoms with Crippen LogP contribution in [0.3, 0.4) is 0 Å². The van der Waals surface area contributed by atoms with Crippen LogP contribution in [-0.4, -0.2) is 12.5 Å². The van der Waals surface area contributed by atoms with Crippen molar-refractivity contribution in [2.45, 2.75) is 13.3 Å². The maximum absolute atomic E-state index is 13.4. The van der Waals surface area contributed by atoms with Gasteiger partial charge in [0.15, 0.2) is 0 Å². The van der Waals surface area contributed by atoms with Crippen LogP contribution in [0.15, 0.2) is 18.2 Å². The fraction of sp³-hybridized carbons (Fsp3) is 0.308. The van der Waals surface area contributed by atoms with Gasteiger partial charge in [-0.25, -0.2) is 4.39 Å². The van der Waals surface area contributed by atoms with Gasteiger partial charge in [0.2, 0.25) is 5.91 Å². The number of benzene rings is 1. The van der Waals surface area contributed by atoms with Crippen LogP contribution < -0.4 is 4.90 Å². The summed E-state index contributed by atoms with van der Waals surface area (Å²) in [7, 11) is 0. The first-order valence-electron chi connectivity index (χ1n) is 5.15. The normalized spacial score (nSPS) is 19.9. The highest BCUT2D eigenvalue weighted by Crippen LogP contribution is 2.28. The number of nitrogens with zero attached hydrogens (tertiary/aromatic N) is 1. The van der Waals surface area contributed by atoms with E-state index in [1.165, 1.54) is 6.07 Å². The first-order valence-corrected chi connectivity index (χ1v) is 5.15. The van der Waals surface area contributed by atoms with Crippen molar-refractivity contribution in [3.8, 4) is 12.3 Å². The quantitative estimate of drug-likeness (QED) is 0.660. The van der Waals surface area contributed by atoms with E-state index in [-0.39, 0.29) is 17.6 Å². The van der Waals surface area contributed by atoms with E-state index in [0.29, 0.717) is 24.2 Å². The maximum atomic E-state index is 13.4. The van der Waals surface area contributed by atoms with Gasteiger partial charge in [0.1, 0.15) is 5.82 Å². The molecule has 1 unspecified atom stereocenters. The lowest BCUT2D eigenvalue weighted by atomic mass is 10.1. The van der Waals surface area contributed by atoms with Gasteiger partial charge in [0.05, 0.1) is 0 Å². The smallest absolute Gasteiger partial charge is 0.228 e. The minimum Gasteiger partial charge on any atom is -0.311 e. The Morgan fingerprint density at radius 1 is 1.56 bits per heavy atom. The lowest BCUT2D eigenvalue weighted by molar-refractivity contribution is -0.117. The van der Waals surface area contributed by atoms with Crippen molar-refractivity contribution in [2.75, 3.05) is 11.4 Å². The van der Waals surface area contributed by atoms with Crippen LogP contribution in [0.25, 0.3) is 0 Å². The van der Waals surface area contributed by atoms with Gasteiger partial charge in [-0.2, -0.15) is 0 Å². The lowest BCUT2D eigenvalue weighted by Gasteiger charge is -2.18.